The van der Waals surface area contributed by atoms with E-state index in [4.69, 9.17) is 11.6 Å². The van der Waals surface area contributed by atoms with Crippen molar-refractivity contribution in [3.8, 4) is 11.3 Å². The Hall–Kier alpha value is -0.900. The largest absolute Gasteiger partial charge is 0.314 e. The molecule has 1 N–H and O–H groups in total. The molecule has 0 atom stereocenters. The molecule has 2 nitrogen and oxygen atoms in total. The molecule has 3 rings (SSSR count). The van der Waals surface area contributed by atoms with Crippen LogP contribution in [0, 0.1) is 0 Å². The van der Waals surface area contributed by atoms with Crippen molar-refractivity contribution in [3.05, 3.63) is 38.7 Å². The second-order valence-electron chi connectivity index (χ2n) is 3.89. The summed E-state index contributed by atoms with van der Waals surface area (Å²) in [6.45, 7) is 0.848. The number of hydrogen-bond donors (Lipinski definition) is 1. The fourth-order valence-electron chi connectivity index (χ4n) is 2.07. The standard InChI is InChI=1S/C12H11ClN2S/c1-14-6-11-15-12-9-3-2-8(13)4-7(9)5-10(12)16-11/h2-4,14H,5-6H2,1H3. The molecule has 0 saturated carbocycles. The molecule has 1 aromatic carbocycles. The highest BCUT2D eigenvalue weighted by Gasteiger charge is 2.22. The molecule has 16 heavy (non-hydrogen) atoms. The molecule has 0 spiro atoms. The van der Waals surface area contributed by atoms with E-state index in [2.05, 4.69) is 16.4 Å². The summed E-state index contributed by atoms with van der Waals surface area (Å²) in [6, 6.07) is 6.06. The number of halogens is 1. The summed E-state index contributed by atoms with van der Waals surface area (Å²) < 4.78 is 0. The SMILES string of the molecule is CNCc1nc2c(s1)Cc1cc(Cl)ccc1-2. The van der Waals surface area contributed by atoms with Crippen LogP contribution in [0.15, 0.2) is 18.2 Å². The summed E-state index contributed by atoms with van der Waals surface area (Å²) in [5.41, 5.74) is 3.71. The molecule has 0 unspecified atom stereocenters. The average Bonchev–Trinajstić information content (AvgIpc) is 2.74. The number of nitrogens with zero attached hydrogens (tertiary/aromatic N) is 1. The van der Waals surface area contributed by atoms with Gasteiger partial charge in [-0.1, -0.05) is 17.7 Å². The van der Waals surface area contributed by atoms with Crippen molar-refractivity contribution in [2.24, 2.45) is 0 Å². The molecular weight excluding hydrogens is 240 g/mol. The van der Waals surface area contributed by atoms with Gasteiger partial charge in [-0.3, -0.25) is 0 Å². The van der Waals surface area contributed by atoms with Gasteiger partial charge in [0.05, 0.1) is 5.69 Å². The van der Waals surface area contributed by atoms with Gasteiger partial charge in [0, 0.05) is 28.4 Å². The highest BCUT2D eigenvalue weighted by Crippen LogP contribution is 2.40. The van der Waals surface area contributed by atoms with Crippen molar-refractivity contribution in [1.82, 2.24) is 10.3 Å². The van der Waals surface area contributed by atoms with E-state index in [1.54, 1.807) is 11.3 Å². The lowest BCUT2D eigenvalue weighted by atomic mass is 10.1. The molecule has 1 aliphatic carbocycles. The lowest BCUT2D eigenvalue weighted by Crippen LogP contribution is -2.04. The number of rotatable bonds is 2. The minimum atomic E-state index is 0.810. The Morgan fingerprint density at radius 2 is 2.38 bits per heavy atom. The highest BCUT2D eigenvalue weighted by molar-refractivity contribution is 7.12. The lowest BCUT2D eigenvalue weighted by Gasteiger charge is -1.99. The van der Waals surface area contributed by atoms with Crippen LogP contribution in [0.3, 0.4) is 0 Å². The van der Waals surface area contributed by atoms with Crippen molar-refractivity contribution in [3.63, 3.8) is 0 Å². The fraction of sp³-hybridized carbons (Fsp3) is 0.250. The summed E-state index contributed by atoms with van der Waals surface area (Å²) in [5.74, 6) is 0. The normalized spacial score (nSPS) is 12.6. The van der Waals surface area contributed by atoms with Crippen molar-refractivity contribution in [2.75, 3.05) is 7.05 Å². The molecule has 0 aliphatic heterocycles. The van der Waals surface area contributed by atoms with E-state index in [0.29, 0.717) is 0 Å². The third-order valence-corrected chi connectivity index (χ3v) is 4.03. The average molecular weight is 251 g/mol. The zero-order chi connectivity index (χ0) is 11.1. The van der Waals surface area contributed by atoms with E-state index in [0.717, 1.165) is 28.7 Å². The van der Waals surface area contributed by atoms with Crippen LogP contribution in [0.25, 0.3) is 11.3 Å². The van der Waals surface area contributed by atoms with Gasteiger partial charge in [-0.05, 0) is 24.7 Å². The van der Waals surface area contributed by atoms with Gasteiger partial charge in [0.1, 0.15) is 5.01 Å². The Bertz CT molecular complexity index is 548. The third-order valence-electron chi connectivity index (χ3n) is 2.74. The van der Waals surface area contributed by atoms with Gasteiger partial charge in [0.15, 0.2) is 0 Å². The first-order chi connectivity index (χ1) is 7.78. The molecule has 82 valence electrons. The van der Waals surface area contributed by atoms with E-state index in [-0.39, 0.29) is 0 Å². The predicted molar refractivity (Wildman–Crippen MR) is 68.1 cm³/mol. The minimum Gasteiger partial charge on any atom is -0.314 e. The number of nitrogens with one attached hydrogen (secondary N) is 1. The van der Waals surface area contributed by atoms with Gasteiger partial charge < -0.3 is 5.32 Å². The zero-order valence-corrected chi connectivity index (χ0v) is 10.5. The maximum atomic E-state index is 5.99. The summed E-state index contributed by atoms with van der Waals surface area (Å²) in [4.78, 5) is 6.03. The molecule has 4 heteroatoms. The van der Waals surface area contributed by atoms with Gasteiger partial charge in [0.25, 0.3) is 0 Å². The van der Waals surface area contributed by atoms with Gasteiger partial charge in [-0.2, -0.15) is 0 Å². The van der Waals surface area contributed by atoms with E-state index in [1.807, 2.05) is 19.2 Å². The zero-order valence-electron chi connectivity index (χ0n) is 8.88. The first-order valence-electron chi connectivity index (χ1n) is 5.20. The molecule has 0 amide bonds. The molecule has 0 saturated heterocycles. The maximum absolute atomic E-state index is 5.99. The number of benzene rings is 1. The van der Waals surface area contributed by atoms with Crippen molar-refractivity contribution in [1.29, 1.82) is 0 Å². The molecule has 1 aliphatic rings. The number of thiazole rings is 1. The van der Waals surface area contributed by atoms with Gasteiger partial charge >= 0.3 is 0 Å². The predicted octanol–water partition coefficient (Wildman–Crippen LogP) is 3.09. The van der Waals surface area contributed by atoms with Crippen LogP contribution in [-0.4, -0.2) is 12.0 Å². The van der Waals surface area contributed by atoms with Crippen LogP contribution in [0.5, 0.6) is 0 Å². The topological polar surface area (TPSA) is 24.9 Å². The summed E-state index contributed by atoms with van der Waals surface area (Å²) in [5, 5.41) is 5.10. The Balaban J connectivity index is 2.06. The number of hydrogen-bond acceptors (Lipinski definition) is 3. The van der Waals surface area contributed by atoms with Crippen LogP contribution in [0.4, 0.5) is 0 Å². The summed E-state index contributed by atoms with van der Waals surface area (Å²) in [6.07, 6.45) is 0.979. The summed E-state index contributed by atoms with van der Waals surface area (Å²) >= 11 is 7.78. The van der Waals surface area contributed by atoms with Crippen LogP contribution < -0.4 is 5.32 Å². The van der Waals surface area contributed by atoms with E-state index in [1.165, 1.54) is 16.0 Å². The van der Waals surface area contributed by atoms with Crippen molar-refractivity contribution in [2.45, 2.75) is 13.0 Å². The fourth-order valence-corrected chi connectivity index (χ4v) is 3.38. The number of aromatic nitrogens is 1. The summed E-state index contributed by atoms with van der Waals surface area (Å²) in [7, 11) is 1.94. The highest BCUT2D eigenvalue weighted by atomic mass is 35.5. The second kappa shape index (κ2) is 3.84. The van der Waals surface area contributed by atoms with Crippen LogP contribution in [0.2, 0.25) is 5.02 Å². The van der Waals surface area contributed by atoms with Crippen molar-refractivity contribution >= 4 is 22.9 Å². The first-order valence-corrected chi connectivity index (χ1v) is 6.39. The molecular formula is C12H11ClN2S. The quantitative estimate of drug-likeness (QED) is 0.756. The molecule has 0 radical (unpaired) electrons. The number of fused-ring (bicyclic) bond motifs is 3. The van der Waals surface area contributed by atoms with E-state index in [9.17, 15) is 0 Å². The molecule has 2 aromatic rings. The molecule has 0 fully saturated rings. The monoisotopic (exact) mass is 250 g/mol. The molecule has 1 heterocycles. The molecule has 0 bridgehead atoms. The van der Waals surface area contributed by atoms with Gasteiger partial charge in [0.2, 0.25) is 0 Å². The van der Waals surface area contributed by atoms with Crippen molar-refractivity contribution < 1.29 is 0 Å². The molecule has 1 aromatic heterocycles. The Labute approximate surface area is 103 Å². The second-order valence-corrected chi connectivity index (χ2v) is 5.49. The Kier molecular flexibility index (Phi) is 2.46. The minimum absolute atomic E-state index is 0.810. The van der Waals surface area contributed by atoms with Crippen LogP contribution in [0.1, 0.15) is 15.4 Å². The lowest BCUT2D eigenvalue weighted by molar-refractivity contribution is 0.811. The first kappa shape index (κ1) is 10.3. The van der Waals surface area contributed by atoms with Gasteiger partial charge in [-0.25, -0.2) is 4.98 Å². The smallest absolute Gasteiger partial charge is 0.107 e. The Morgan fingerprint density at radius 1 is 1.50 bits per heavy atom. The van der Waals surface area contributed by atoms with E-state index >= 15 is 0 Å². The van der Waals surface area contributed by atoms with E-state index < -0.39 is 0 Å². The van der Waals surface area contributed by atoms with Gasteiger partial charge in [-0.15, -0.1) is 11.3 Å². The maximum Gasteiger partial charge on any atom is 0.107 e. The third kappa shape index (κ3) is 1.56. The Morgan fingerprint density at radius 3 is 3.19 bits per heavy atom. The van der Waals surface area contributed by atoms with Crippen LogP contribution in [-0.2, 0) is 13.0 Å². The van der Waals surface area contributed by atoms with Crippen LogP contribution >= 0.6 is 22.9 Å².